The highest BCUT2D eigenvalue weighted by atomic mass is 32.1. The molecule has 0 radical (unpaired) electrons. The maximum absolute atomic E-state index is 6.04. The second-order valence-electron chi connectivity index (χ2n) is 4.70. The second-order valence-corrected chi connectivity index (χ2v) is 6.52. The summed E-state index contributed by atoms with van der Waals surface area (Å²) in [7, 11) is 2.03. The zero-order valence-corrected chi connectivity index (χ0v) is 13.4. The lowest BCUT2D eigenvalue weighted by Crippen LogP contribution is -2.16. The zero-order valence-electron chi connectivity index (χ0n) is 11.8. The number of thiazole rings is 1. The van der Waals surface area contributed by atoms with Crippen LogP contribution in [0.1, 0.15) is 10.7 Å². The van der Waals surface area contributed by atoms with Gasteiger partial charge in [0.15, 0.2) is 0 Å². The second kappa shape index (κ2) is 5.79. The molecule has 0 aliphatic heterocycles. The molecule has 3 aromatic heterocycles. The number of rotatable bonds is 4. The highest BCUT2D eigenvalue weighted by Crippen LogP contribution is 2.38. The first-order valence-electron chi connectivity index (χ1n) is 6.43. The summed E-state index contributed by atoms with van der Waals surface area (Å²) in [4.78, 5) is 10.8. The molecule has 0 fully saturated rings. The lowest BCUT2D eigenvalue weighted by Gasteiger charge is -2.17. The summed E-state index contributed by atoms with van der Waals surface area (Å²) in [5, 5.41) is 4.20. The molecule has 0 aliphatic carbocycles. The fraction of sp³-hybridized carbons (Fsp3) is 0.214. The molecule has 5 nitrogen and oxygen atoms in total. The number of aryl methyl sites for hydroxylation is 1. The third-order valence-electron chi connectivity index (χ3n) is 3.06. The van der Waals surface area contributed by atoms with Gasteiger partial charge >= 0.3 is 0 Å². The van der Waals surface area contributed by atoms with Crippen molar-refractivity contribution in [3.63, 3.8) is 0 Å². The lowest BCUT2D eigenvalue weighted by atomic mass is 10.1. The van der Waals surface area contributed by atoms with E-state index in [1.165, 1.54) is 11.5 Å². The van der Waals surface area contributed by atoms with Gasteiger partial charge in [-0.1, -0.05) is 6.07 Å². The van der Waals surface area contributed by atoms with Gasteiger partial charge in [0.25, 0.3) is 0 Å². The van der Waals surface area contributed by atoms with Gasteiger partial charge in [-0.05, 0) is 24.5 Å². The number of pyridine rings is 1. The average molecular weight is 317 g/mol. The average Bonchev–Trinajstić information content (AvgIpc) is 3.06. The Balaban J connectivity index is 1.92. The summed E-state index contributed by atoms with van der Waals surface area (Å²) < 4.78 is 4.29. The Morgan fingerprint density at radius 2 is 2.24 bits per heavy atom. The highest BCUT2D eigenvalue weighted by Gasteiger charge is 2.17. The van der Waals surface area contributed by atoms with Crippen LogP contribution in [-0.4, -0.2) is 21.4 Å². The quantitative estimate of drug-likeness (QED) is 0.800. The van der Waals surface area contributed by atoms with Crippen molar-refractivity contribution in [2.45, 2.75) is 13.5 Å². The van der Waals surface area contributed by atoms with Crippen LogP contribution in [0.5, 0.6) is 0 Å². The summed E-state index contributed by atoms with van der Waals surface area (Å²) >= 11 is 3.07. The van der Waals surface area contributed by atoms with E-state index in [1.54, 1.807) is 17.5 Å². The predicted octanol–water partition coefficient (Wildman–Crippen LogP) is 3.19. The standard InChI is InChI=1S/C14H15N5S2/c1-9-17-11(8-20-9)7-19(2)14-12(13(15)18-21-14)10-4-3-5-16-6-10/h3-6,8H,7H2,1-2H3,(H2,15,18). The molecule has 2 N–H and O–H groups in total. The molecule has 0 atom stereocenters. The van der Waals surface area contributed by atoms with E-state index in [1.807, 2.05) is 32.3 Å². The normalized spacial score (nSPS) is 10.8. The molecule has 0 unspecified atom stereocenters. The van der Waals surface area contributed by atoms with Crippen LogP contribution in [0.15, 0.2) is 29.9 Å². The van der Waals surface area contributed by atoms with E-state index in [-0.39, 0.29) is 0 Å². The summed E-state index contributed by atoms with van der Waals surface area (Å²) in [6.07, 6.45) is 3.56. The largest absolute Gasteiger partial charge is 0.382 e. The molecular formula is C14H15N5S2. The van der Waals surface area contributed by atoms with Gasteiger partial charge in [0.1, 0.15) is 10.8 Å². The van der Waals surface area contributed by atoms with Crippen molar-refractivity contribution in [2.75, 3.05) is 17.7 Å². The van der Waals surface area contributed by atoms with E-state index >= 15 is 0 Å². The maximum Gasteiger partial charge on any atom is 0.147 e. The van der Waals surface area contributed by atoms with Crippen molar-refractivity contribution < 1.29 is 0 Å². The van der Waals surface area contributed by atoms with Crippen LogP contribution in [0.4, 0.5) is 10.8 Å². The van der Waals surface area contributed by atoms with E-state index in [9.17, 15) is 0 Å². The van der Waals surface area contributed by atoms with E-state index in [0.29, 0.717) is 5.82 Å². The summed E-state index contributed by atoms with van der Waals surface area (Å²) in [5.74, 6) is 0.546. The van der Waals surface area contributed by atoms with Gasteiger partial charge in [-0.2, -0.15) is 4.37 Å². The first-order valence-corrected chi connectivity index (χ1v) is 8.08. The van der Waals surface area contributed by atoms with E-state index in [0.717, 1.165) is 33.4 Å². The predicted molar refractivity (Wildman–Crippen MR) is 88.7 cm³/mol. The fourth-order valence-electron chi connectivity index (χ4n) is 2.13. The number of nitrogens with zero attached hydrogens (tertiary/aromatic N) is 4. The van der Waals surface area contributed by atoms with Crippen LogP contribution in [0.25, 0.3) is 11.1 Å². The minimum absolute atomic E-state index is 0.546. The van der Waals surface area contributed by atoms with Crippen molar-refractivity contribution in [3.05, 3.63) is 40.6 Å². The molecule has 0 amide bonds. The van der Waals surface area contributed by atoms with Gasteiger partial charge in [-0.15, -0.1) is 11.3 Å². The number of hydrogen-bond donors (Lipinski definition) is 1. The van der Waals surface area contributed by atoms with Crippen molar-refractivity contribution in [1.29, 1.82) is 0 Å². The van der Waals surface area contributed by atoms with Crippen LogP contribution in [0.3, 0.4) is 0 Å². The molecule has 3 rings (SSSR count). The Bertz CT molecular complexity index is 735. The highest BCUT2D eigenvalue weighted by molar-refractivity contribution is 7.11. The third kappa shape index (κ3) is 2.88. The fourth-order valence-corrected chi connectivity index (χ4v) is 3.53. The minimum Gasteiger partial charge on any atom is -0.382 e. The number of hydrogen-bond acceptors (Lipinski definition) is 7. The van der Waals surface area contributed by atoms with Crippen molar-refractivity contribution in [2.24, 2.45) is 0 Å². The molecule has 0 bridgehead atoms. The van der Waals surface area contributed by atoms with Gasteiger partial charge < -0.3 is 10.6 Å². The Morgan fingerprint density at radius 1 is 1.38 bits per heavy atom. The molecule has 3 heterocycles. The Kier molecular flexibility index (Phi) is 3.85. The van der Waals surface area contributed by atoms with Gasteiger partial charge in [-0.3, -0.25) is 4.98 Å². The summed E-state index contributed by atoms with van der Waals surface area (Å²) in [6, 6.07) is 3.90. The number of nitrogen functional groups attached to an aromatic ring is 1. The third-order valence-corrected chi connectivity index (χ3v) is 4.86. The first-order chi connectivity index (χ1) is 10.1. The topological polar surface area (TPSA) is 67.9 Å². The molecule has 0 spiro atoms. The van der Waals surface area contributed by atoms with Crippen molar-refractivity contribution >= 4 is 33.7 Å². The smallest absolute Gasteiger partial charge is 0.147 e. The molecule has 0 aromatic carbocycles. The monoisotopic (exact) mass is 317 g/mol. The molecular weight excluding hydrogens is 302 g/mol. The van der Waals surface area contributed by atoms with Gasteiger partial charge in [0.05, 0.1) is 22.8 Å². The van der Waals surface area contributed by atoms with Crippen molar-refractivity contribution in [1.82, 2.24) is 14.3 Å². The zero-order chi connectivity index (χ0) is 14.8. The van der Waals surface area contributed by atoms with Crippen LogP contribution >= 0.6 is 22.9 Å². The van der Waals surface area contributed by atoms with Gasteiger partial charge in [-0.25, -0.2) is 4.98 Å². The molecule has 21 heavy (non-hydrogen) atoms. The maximum atomic E-state index is 6.04. The molecule has 3 aromatic rings. The first kappa shape index (κ1) is 14.0. The van der Waals surface area contributed by atoms with Gasteiger partial charge in [0.2, 0.25) is 0 Å². The number of aromatic nitrogens is 3. The molecule has 7 heteroatoms. The lowest BCUT2D eigenvalue weighted by molar-refractivity contribution is 0.900. The molecule has 0 aliphatic rings. The summed E-state index contributed by atoms with van der Waals surface area (Å²) in [6.45, 7) is 2.75. The van der Waals surface area contributed by atoms with Crippen LogP contribution < -0.4 is 10.6 Å². The number of anilines is 2. The Labute approximate surface area is 131 Å². The van der Waals surface area contributed by atoms with Crippen LogP contribution in [-0.2, 0) is 6.54 Å². The van der Waals surface area contributed by atoms with Crippen LogP contribution in [0, 0.1) is 6.92 Å². The molecule has 0 saturated heterocycles. The van der Waals surface area contributed by atoms with E-state index < -0.39 is 0 Å². The summed E-state index contributed by atoms with van der Waals surface area (Å²) in [5.41, 5.74) is 9.03. The molecule has 0 saturated carbocycles. The van der Waals surface area contributed by atoms with Crippen LogP contribution in [0.2, 0.25) is 0 Å². The van der Waals surface area contributed by atoms with Gasteiger partial charge in [0, 0.05) is 30.4 Å². The Morgan fingerprint density at radius 3 is 2.90 bits per heavy atom. The number of nitrogens with two attached hydrogens (primary N) is 1. The van der Waals surface area contributed by atoms with E-state index in [2.05, 4.69) is 24.6 Å². The van der Waals surface area contributed by atoms with Crippen molar-refractivity contribution in [3.8, 4) is 11.1 Å². The SMILES string of the molecule is Cc1nc(CN(C)c2snc(N)c2-c2cccnc2)cs1. The van der Waals surface area contributed by atoms with E-state index in [4.69, 9.17) is 5.73 Å². The molecule has 108 valence electrons. The Hall–Kier alpha value is -1.99. The minimum atomic E-state index is 0.546.